The van der Waals surface area contributed by atoms with Crippen LogP contribution in [0, 0.1) is 0 Å². The Bertz CT molecular complexity index is 1010. The molecule has 3 heterocycles. The van der Waals surface area contributed by atoms with Gasteiger partial charge in [-0.3, -0.25) is 4.79 Å². The van der Waals surface area contributed by atoms with Gasteiger partial charge in [-0.25, -0.2) is 9.78 Å². The fourth-order valence-electron chi connectivity index (χ4n) is 3.73. The van der Waals surface area contributed by atoms with Crippen LogP contribution in [0.3, 0.4) is 0 Å². The second-order valence-corrected chi connectivity index (χ2v) is 7.17. The highest BCUT2D eigenvalue weighted by molar-refractivity contribution is 5.95. The Balaban J connectivity index is 1.77. The first kappa shape index (κ1) is 18.4. The molecule has 9 heteroatoms. The van der Waals surface area contributed by atoms with Crippen LogP contribution in [0.4, 0.5) is 5.82 Å². The second kappa shape index (κ2) is 7.23. The summed E-state index contributed by atoms with van der Waals surface area (Å²) in [6, 6.07) is 3.81. The van der Waals surface area contributed by atoms with Crippen LogP contribution in [0.1, 0.15) is 35.7 Å². The molecule has 2 N–H and O–H groups in total. The third-order valence-corrected chi connectivity index (χ3v) is 5.36. The third kappa shape index (κ3) is 3.22. The molecule has 1 saturated carbocycles. The zero-order valence-electron chi connectivity index (χ0n) is 15.9. The average molecular weight is 385 g/mol. The highest BCUT2D eigenvalue weighted by Crippen LogP contribution is 2.37. The Morgan fingerprint density at radius 2 is 2.14 bits per heavy atom. The van der Waals surface area contributed by atoms with Gasteiger partial charge in [0.1, 0.15) is 24.1 Å². The van der Waals surface area contributed by atoms with E-state index in [1.165, 1.54) is 13.3 Å². The van der Waals surface area contributed by atoms with E-state index >= 15 is 0 Å². The van der Waals surface area contributed by atoms with Gasteiger partial charge in [-0.2, -0.15) is 0 Å². The Morgan fingerprint density at radius 3 is 2.79 bits per heavy atom. The van der Waals surface area contributed by atoms with Crippen LogP contribution in [-0.2, 0) is 4.84 Å². The van der Waals surface area contributed by atoms with E-state index in [1.807, 2.05) is 11.6 Å². The molecular formula is C19H23N5O4. The van der Waals surface area contributed by atoms with Crippen molar-refractivity contribution in [1.82, 2.24) is 14.9 Å². The maximum Gasteiger partial charge on any atom is 0.341 e. The summed E-state index contributed by atoms with van der Waals surface area (Å²) in [5, 5.41) is 17.1. The van der Waals surface area contributed by atoms with E-state index in [1.54, 1.807) is 12.1 Å². The van der Waals surface area contributed by atoms with E-state index in [4.69, 9.17) is 9.82 Å². The summed E-state index contributed by atoms with van der Waals surface area (Å²) in [7, 11) is 3.43. The number of nitrogens with one attached hydrogen (secondary N) is 1. The van der Waals surface area contributed by atoms with Gasteiger partial charge in [-0.05, 0) is 38.4 Å². The SMILES string of the molecule is CNC1CCN(c2ccc3c(=O)c(C(=O)O)cn(C4CC4)c3n2)C/C1=N\OC. The normalized spacial score (nSPS) is 21.3. The molecule has 148 valence electrons. The summed E-state index contributed by atoms with van der Waals surface area (Å²) >= 11 is 0. The number of piperidine rings is 1. The molecule has 1 aliphatic heterocycles. The summed E-state index contributed by atoms with van der Waals surface area (Å²) < 4.78 is 1.84. The van der Waals surface area contributed by atoms with E-state index in [2.05, 4.69) is 15.4 Å². The molecule has 0 amide bonds. The second-order valence-electron chi connectivity index (χ2n) is 7.17. The first-order valence-corrected chi connectivity index (χ1v) is 9.34. The molecule has 0 bridgehead atoms. The fraction of sp³-hybridized carbons (Fsp3) is 0.474. The molecule has 1 atom stereocenters. The number of oxime groups is 1. The number of hydrogen-bond donors (Lipinski definition) is 2. The molecule has 4 rings (SSSR count). The number of carbonyl (C=O) groups is 1. The van der Waals surface area contributed by atoms with Crippen LogP contribution < -0.4 is 15.6 Å². The minimum absolute atomic E-state index is 0.152. The van der Waals surface area contributed by atoms with E-state index in [-0.39, 0.29) is 17.6 Å². The van der Waals surface area contributed by atoms with Crippen molar-refractivity contribution in [3.63, 3.8) is 0 Å². The monoisotopic (exact) mass is 385 g/mol. The van der Waals surface area contributed by atoms with Crippen molar-refractivity contribution in [1.29, 1.82) is 0 Å². The van der Waals surface area contributed by atoms with E-state index in [9.17, 15) is 14.7 Å². The van der Waals surface area contributed by atoms with Gasteiger partial charge in [-0.1, -0.05) is 5.16 Å². The number of rotatable bonds is 5. The first-order valence-electron chi connectivity index (χ1n) is 9.34. The number of aromatic carboxylic acids is 1. The predicted molar refractivity (Wildman–Crippen MR) is 105 cm³/mol. The van der Waals surface area contributed by atoms with Gasteiger partial charge in [0.05, 0.1) is 23.7 Å². The zero-order valence-corrected chi connectivity index (χ0v) is 15.9. The standard InChI is InChI=1S/C19H23N5O4/c1-20-14-7-8-23(10-15(14)22-28-2)16-6-5-12-17(25)13(19(26)27)9-24(11-3-4-11)18(12)21-16/h5-6,9,11,14,20H,3-4,7-8,10H2,1-2H3,(H,26,27)/b22-15+. The number of nitrogens with zero attached hydrogens (tertiary/aromatic N) is 4. The molecule has 1 aliphatic carbocycles. The van der Waals surface area contributed by atoms with Crippen molar-refractivity contribution in [3.8, 4) is 0 Å². The van der Waals surface area contributed by atoms with Crippen LogP contribution in [0.25, 0.3) is 11.0 Å². The Hall–Kier alpha value is -2.94. The van der Waals surface area contributed by atoms with Crippen LogP contribution in [-0.4, -0.2) is 59.6 Å². The molecule has 28 heavy (non-hydrogen) atoms. The minimum atomic E-state index is -1.21. The van der Waals surface area contributed by atoms with E-state index in [0.717, 1.165) is 37.3 Å². The Morgan fingerprint density at radius 1 is 1.36 bits per heavy atom. The number of carboxylic acid groups (broad SMARTS) is 1. The molecular weight excluding hydrogens is 362 g/mol. The minimum Gasteiger partial charge on any atom is -0.477 e. The number of aromatic nitrogens is 2. The van der Waals surface area contributed by atoms with Crippen molar-refractivity contribution in [2.45, 2.75) is 31.3 Å². The zero-order chi connectivity index (χ0) is 19.8. The van der Waals surface area contributed by atoms with Gasteiger partial charge in [0.15, 0.2) is 0 Å². The number of carboxylic acids is 1. The summed E-state index contributed by atoms with van der Waals surface area (Å²) in [6.45, 7) is 1.35. The highest BCUT2D eigenvalue weighted by atomic mass is 16.6. The largest absolute Gasteiger partial charge is 0.477 e. The van der Waals surface area contributed by atoms with Gasteiger partial charge in [0.2, 0.25) is 5.43 Å². The third-order valence-electron chi connectivity index (χ3n) is 5.36. The molecule has 2 aromatic heterocycles. The lowest BCUT2D eigenvalue weighted by molar-refractivity contribution is 0.0695. The van der Waals surface area contributed by atoms with Crippen LogP contribution in [0.5, 0.6) is 0 Å². The molecule has 1 saturated heterocycles. The van der Waals surface area contributed by atoms with Crippen LogP contribution in [0.2, 0.25) is 0 Å². The van der Waals surface area contributed by atoms with Crippen molar-refractivity contribution < 1.29 is 14.7 Å². The molecule has 0 radical (unpaired) electrons. The van der Waals surface area contributed by atoms with Gasteiger partial charge in [0.25, 0.3) is 0 Å². The van der Waals surface area contributed by atoms with Crippen molar-refractivity contribution in [2.75, 3.05) is 32.1 Å². The van der Waals surface area contributed by atoms with Crippen molar-refractivity contribution >= 4 is 28.5 Å². The fourth-order valence-corrected chi connectivity index (χ4v) is 3.73. The summed E-state index contributed by atoms with van der Waals surface area (Å²) in [4.78, 5) is 35.9. The molecule has 9 nitrogen and oxygen atoms in total. The Labute approximate surface area is 161 Å². The summed E-state index contributed by atoms with van der Waals surface area (Å²) in [6.07, 6.45) is 4.21. The molecule has 0 aromatic carbocycles. The lowest BCUT2D eigenvalue weighted by atomic mass is 10.0. The van der Waals surface area contributed by atoms with Crippen LogP contribution in [0.15, 0.2) is 28.3 Å². The predicted octanol–water partition coefficient (Wildman–Crippen LogP) is 1.23. The molecule has 2 aromatic rings. The van der Waals surface area contributed by atoms with Crippen molar-refractivity contribution in [3.05, 3.63) is 34.1 Å². The highest BCUT2D eigenvalue weighted by Gasteiger charge is 2.29. The maximum atomic E-state index is 12.6. The van der Waals surface area contributed by atoms with Gasteiger partial charge in [0, 0.05) is 18.8 Å². The molecule has 1 unspecified atom stereocenters. The van der Waals surface area contributed by atoms with Gasteiger partial charge >= 0.3 is 5.97 Å². The quantitative estimate of drug-likeness (QED) is 0.745. The van der Waals surface area contributed by atoms with Gasteiger partial charge < -0.3 is 24.7 Å². The number of pyridine rings is 2. The van der Waals surface area contributed by atoms with E-state index < -0.39 is 11.4 Å². The molecule has 0 spiro atoms. The molecule has 2 fully saturated rings. The summed E-state index contributed by atoms with van der Waals surface area (Å²) in [5.41, 5.74) is 0.724. The number of hydrogen-bond acceptors (Lipinski definition) is 7. The number of fused-ring (bicyclic) bond motifs is 1. The molecule has 2 aliphatic rings. The lowest BCUT2D eigenvalue weighted by Crippen LogP contribution is -2.49. The smallest absolute Gasteiger partial charge is 0.341 e. The van der Waals surface area contributed by atoms with E-state index in [0.29, 0.717) is 17.6 Å². The Kier molecular flexibility index (Phi) is 4.76. The first-order chi connectivity index (χ1) is 13.5. The van der Waals surface area contributed by atoms with Crippen molar-refractivity contribution in [2.24, 2.45) is 5.16 Å². The lowest BCUT2D eigenvalue weighted by Gasteiger charge is -2.33. The topological polar surface area (TPSA) is 109 Å². The van der Waals surface area contributed by atoms with Crippen LogP contribution >= 0.6 is 0 Å². The van der Waals surface area contributed by atoms with Gasteiger partial charge in [-0.15, -0.1) is 0 Å². The summed E-state index contributed by atoms with van der Waals surface area (Å²) in [5.74, 6) is -0.470. The average Bonchev–Trinajstić information content (AvgIpc) is 3.53. The maximum absolute atomic E-state index is 12.6. The number of anilines is 1.